The normalized spacial score (nSPS) is 16.7. The Morgan fingerprint density at radius 2 is 1.91 bits per heavy atom. The summed E-state index contributed by atoms with van der Waals surface area (Å²) < 4.78 is 5.77. The second-order valence-electron chi connectivity index (χ2n) is 5.61. The van der Waals surface area contributed by atoms with Gasteiger partial charge in [-0.05, 0) is 36.1 Å². The molecule has 2 aromatic rings. The van der Waals surface area contributed by atoms with Crippen molar-refractivity contribution < 1.29 is 14.3 Å². The lowest BCUT2D eigenvalue weighted by Crippen LogP contribution is -2.36. The number of hydrogen-bond acceptors (Lipinski definition) is 4. The van der Waals surface area contributed by atoms with Crippen LogP contribution >= 0.6 is 0 Å². The highest BCUT2D eigenvalue weighted by molar-refractivity contribution is 6.07. The lowest BCUT2D eigenvalue weighted by molar-refractivity contribution is 0.0948. The summed E-state index contributed by atoms with van der Waals surface area (Å²) in [4.78, 5) is 24.1. The maximum absolute atomic E-state index is 12.2. The van der Waals surface area contributed by atoms with E-state index in [2.05, 4.69) is 0 Å². The van der Waals surface area contributed by atoms with Crippen LogP contribution in [0.1, 0.15) is 38.3 Å². The van der Waals surface area contributed by atoms with Crippen LogP contribution in [-0.2, 0) is 13.0 Å². The zero-order valence-corrected chi connectivity index (χ0v) is 12.6. The molecule has 1 aliphatic carbocycles. The van der Waals surface area contributed by atoms with Gasteiger partial charge in [-0.2, -0.15) is 0 Å². The number of rotatable bonds is 4. The lowest BCUT2D eigenvalue weighted by Gasteiger charge is -2.23. The van der Waals surface area contributed by atoms with Gasteiger partial charge >= 0.3 is 0 Å². The van der Waals surface area contributed by atoms with Gasteiger partial charge in [-0.1, -0.05) is 30.3 Å². The predicted octanol–water partition coefficient (Wildman–Crippen LogP) is 1.82. The highest BCUT2D eigenvalue weighted by Gasteiger charge is 2.29. The van der Waals surface area contributed by atoms with Gasteiger partial charge in [0.2, 0.25) is 0 Å². The van der Waals surface area contributed by atoms with Crippen LogP contribution in [0.4, 0.5) is 0 Å². The standard InChI is InChI=1S/C18H18N2O3/c19-14-8-6-12-13(17(14)21)7-9-15(16(12)18(20)22)23-10-11-4-2-1-3-5-11/h1-5,7,9,14H,6,8,10,19H2,(H2,20,22). The van der Waals surface area contributed by atoms with Crippen molar-refractivity contribution >= 4 is 11.7 Å². The van der Waals surface area contributed by atoms with Gasteiger partial charge in [-0.15, -0.1) is 0 Å². The Morgan fingerprint density at radius 1 is 1.17 bits per heavy atom. The largest absolute Gasteiger partial charge is 0.488 e. The molecule has 23 heavy (non-hydrogen) atoms. The number of nitrogens with two attached hydrogens (primary N) is 2. The van der Waals surface area contributed by atoms with E-state index in [4.69, 9.17) is 16.2 Å². The molecule has 1 unspecified atom stereocenters. The second kappa shape index (κ2) is 6.22. The molecule has 1 aliphatic rings. The van der Waals surface area contributed by atoms with E-state index < -0.39 is 11.9 Å². The number of carbonyl (C=O) groups is 2. The molecule has 0 spiro atoms. The molecule has 1 amide bonds. The molecule has 0 heterocycles. The van der Waals surface area contributed by atoms with Crippen LogP contribution in [0.2, 0.25) is 0 Å². The third-order valence-corrected chi connectivity index (χ3v) is 4.07. The highest BCUT2D eigenvalue weighted by Crippen LogP contribution is 2.31. The molecule has 4 N–H and O–H groups in total. The molecule has 0 fully saturated rings. The van der Waals surface area contributed by atoms with Crippen molar-refractivity contribution in [3.05, 3.63) is 64.7 Å². The summed E-state index contributed by atoms with van der Waals surface area (Å²) in [6.45, 7) is 0.327. The number of benzene rings is 2. The molecule has 0 radical (unpaired) electrons. The van der Waals surface area contributed by atoms with Crippen LogP contribution in [0, 0.1) is 0 Å². The summed E-state index contributed by atoms with van der Waals surface area (Å²) >= 11 is 0. The topological polar surface area (TPSA) is 95.4 Å². The van der Waals surface area contributed by atoms with Gasteiger partial charge in [-0.25, -0.2) is 0 Å². The van der Waals surface area contributed by atoms with Crippen LogP contribution in [0.15, 0.2) is 42.5 Å². The molecule has 118 valence electrons. The zero-order chi connectivity index (χ0) is 16.4. The Kier molecular flexibility index (Phi) is 4.12. The van der Waals surface area contributed by atoms with Crippen LogP contribution in [0.25, 0.3) is 0 Å². The van der Waals surface area contributed by atoms with Crippen molar-refractivity contribution in [2.24, 2.45) is 11.5 Å². The first kappa shape index (κ1) is 15.2. The SMILES string of the molecule is NC(=O)c1c(OCc2ccccc2)ccc2c1CCC(N)C2=O. The van der Waals surface area contributed by atoms with E-state index >= 15 is 0 Å². The van der Waals surface area contributed by atoms with Crippen molar-refractivity contribution in [3.8, 4) is 5.75 Å². The minimum Gasteiger partial charge on any atom is -0.488 e. The Hall–Kier alpha value is -2.66. The molecule has 2 aromatic carbocycles. The smallest absolute Gasteiger partial charge is 0.252 e. The summed E-state index contributed by atoms with van der Waals surface area (Å²) in [6, 6.07) is 12.4. The van der Waals surface area contributed by atoms with Gasteiger partial charge in [0, 0.05) is 5.56 Å². The van der Waals surface area contributed by atoms with Crippen LogP contribution in [0.5, 0.6) is 5.75 Å². The first-order valence-corrected chi connectivity index (χ1v) is 7.50. The molecule has 5 heteroatoms. The molecule has 1 atom stereocenters. The minimum atomic E-state index is -0.590. The first-order chi connectivity index (χ1) is 11.1. The van der Waals surface area contributed by atoms with Gasteiger partial charge < -0.3 is 16.2 Å². The molecule has 0 saturated heterocycles. The number of carbonyl (C=O) groups excluding carboxylic acids is 2. The van der Waals surface area contributed by atoms with E-state index in [1.54, 1.807) is 12.1 Å². The summed E-state index contributed by atoms with van der Waals surface area (Å²) in [6.07, 6.45) is 1.05. The fourth-order valence-electron chi connectivity index (χ4n) is 2.87. The Morgan fingerprint density at radius 3 is 2.61 bits per heavy atom. The van der Waals surface area contributed by atoms with Crippen molar-refractivity contribution in [1.29, 1.82) is 0 Å². The Balaban J connectivity index is 1.95. The number of fused-ring (bicyclic) bond motifs is 1. The van der Waals surface area contributed by atoms with Gasteiger partial charge in [0.05, 0.1) is 11.6 Å². The number of hydrogen-bond donors (Lipinski definition) is 2. The molecular formula is C18H18N2O3. The molecule has 3 rings (SSSR count). The van der Waals surface area contributed by atoms with E-state index in [0.717, 1.165) is 5.56 Å². The maximum Gasteiger partial charge on any atom is 0.252 e. The predicted molar refractivity (Wildman–Crippen MR) is 86.4 cm³/mol. The third-order valence-electron chi connectivity index (χ3n) is 4.07. The molecule has 0 saturated carbocycles. The van der Waals surface area contributed by atoms with E-state index in [1.807, 2.05) is 30.3 Å². The van der Waals surface area contributed by atoms with Crippen molar-refractivity contribution in [2.45, 2.75) is 25.5 Å². The van der Waals surface area contributed by atoms with E-state index in [-0.39, 0.29) is 5.78 Å². The number of ketones is 1. The fourth-order valence-corrected chi connectivity index (χ4v) is 2.87. The van der Waals surface area contributed by atoms with Gasteiger partial charge in [-0.3, -0.25) is 9.59 Å². The maximum atomic E-state index is 12.2. The summed E-state index contributed by atoms with van der Waals surface area (Å²) in [5, 5.41) is 0. The van der Waals surface area contributed by atoms with Crippen LogP contribution in [0.3, 0.4) is 0 Å². The average molecular weight is 310 g/mol. The van der Waals surface area contributed by atoms with Crippen LogP contribution < -0.4 is 16.2 Å². The van der Waals surface area contributed by atoms with E-state index in [9.17, 15) is 9.59 Å². The van der Waals surface area contributed by atoms with E-state index in [1.165, 1.54) is 0 Å². The second-order valence-corrected chi connectivity index (χ2v) is 5.61. The quantitative estimate of drug-likeness (QED) is 0.900. The first-order valence-electron chi connectivity index (χ1n) is 7.50. The zero-order valence-electron chi connectivity index (χ0n) is 12.6. The Bertz CT molecular complexity index is 756. The summed E-state index contributed by atoms with van der Waals surface area (Å²) in [5.74, 6) is -0.333. The lowest BCUT2D eigenvalue weighted by atomic mass is 9.84. The van der Waals surface area contributed by atoms with Gasteiger partial charge in [0.1, 0.15) is 12.4 Å². The fraction of sp³-hybridized carbons (Fsp3) is 0.222. The van der Waals surface area contributed by atoms with Crippen molar-refractivity contribution in [3.63, 3.8) is 0 Å². The molecule has 5 nitrogen and oxygen atoms in total. The van der Waals surface area contributed by atoms with E-state index in [0.29, 0.717) is 41.9 Å². The number of primary amides is 1. The van der Waals surface area contributed by atoms with Gasteiger partial charge in [0.25, 0.3) is 5.91 Å². The van der Waals surface area contributed by atoms with Gasteiger partial charge in [0.15, 0.2) is 5.78 Å². The Labute approximate surface area is 134 Å². The third kappa shape index (κ3) is 2.96. The number of Topliss-reactive ketones (excluding diaryl/α,β-unsaturated/α-hetero) is 1. The molecule has 0 bridgehead atoms. The highest BCUT2D eigenvalue weighted by atomic mass is 16.5. The summed E-state index contributed by atoms with van der Waals surface area (Å²) in [7, 11) is 0. The van der Waals surface area contributed by atoms with Crippen molar-refractivity contribution in [2.75, 3.05) is 0 Å². The van der Waals surface area contributed by atoms with Crippen LogP contribution in [-0.4, -0.2) is 17.7 Å². The summed E-state index contributed by atoms with van der Waals surface area (Å²) in [5.41, 5.74) is 13.7. The molecular weight excluding hydrogens is 292 g/mol. The minimum absolute atomic E-state index is 0.150. The number of amides is 1. The van der Waals surface area contributed by atoms with Crippen molar-refractivity contribution in [1.82, 2.24) is 0 Å². The molecule has 0 aliphatic heterocycles. The number of ether oxygens (including phenoxy) is 1. The monoisotopic (exact) mass is 310 g/mol. The molecule has 0 aromatic heterocycles. The average Bonchev–Trinajstić information content (AvgIpc) is 2.56.